The Balaban J connectivity index is 0.912. The first kappa shape index (κ1) is 38.9. The van der Waals surface area contributed by atoms with Crippen LogP contribution in [0.2, 0.25) is 0 Å². The first-order valence-corrected chi connectivity index (χ1v) is 22.7. The van der Waals surface area contributed by atoms with Crippen molar-refractivity contribution < 1.29 is 0 Å². The van der Waals surface area contributed by atoms with Gasteiger partial charge in [-0.3, -0.25) is 0 Å². The minimum absolute atomic E-state index is 1.11. The van der Waals surface area contributed by atoms with E-state index in [1.807, 2.05) is 0 Å². The molecule has 0 atom stereocenters. The lowest BCUT2D eigenvalue weighted by Crippen LogP contribution is -2.09. The topological polar surface area (TPSA) is 8.17 Å². The van der Waals surface area contributed by atoms with Crippen LogP contribution in [-0.2, 0) is 0 Å². The molecule has 0 amide bonds. The molecule has 1 heterocycles. The lowest BCUT2D eigenvalue weighted by atomic mass is 9.87. The van der Waals surface area contributed by atoms with E-state index < -0.39 is 0 Å². The quantitative estimate of drug-likeness (QED) is 0.131. The van der Waals surface area contributed by atoms with Crippen molar-refractivity contribution in [2.75, 3.05) is 4.90 Å². The molecule has 0 bridgehead atoms. The van der Waals surface area contributed by atoms with Crippen LogP contribution in [0.25, 0.3) is 94.6 Å². The smallest absolute Gasteiger partial charge is 0.0561 e. The number of nitrogens with zero attached hydrogens (tertiary/aromatic N) is 2. The molecule has 0 radical (unpaired) electrons. The van der Waals surface area contributed by atoms with Gasteiger partial charge in [-0.25, -0.2) is 0 Å². The van der Waals surface area contributed by atoms with E-state index in [4.69, 9.17) is 0 Å². The Bertz CT molecular complexity index is 3680. The van der Waals surface area contributed by atoms with Gasteiger partial charge in [0.1, 0.15) is 0 Å². The van der Waals surface area contributed by atoms with Crippen LogP contribution in [0, 0.1) is 0 Å². The summed E-state index contributed by atoms with van der Waals surface area (Å²) < 4.78 is 2.41. The van der Waals surface area contributed by atoms with Crippen molar-refractivity contribution in [3.8, 4) is 39.1 Å². The van der Waals surface area contributed by atoms with Gasteiger partial charge in [-0.15, -0.1) is 0 Å². The average Bonchev–Trinajstić information content (AvgIpc) is 3.71. The minimum atomic E-state index is 1.11. The number of para-hydroxylation sites is 3. The van der Waals surface area contributed by atoms with E-state index in [2.05, 4.69) is 276 Å². The Labute approximate surface area is 385 Å². The standard InChI is InChI=1S/C64H44N2/c1-6-17-47(18-7-1)56-39-40-58(48-19-8-2-9-20-48)64-57(27-16-28-61(56)64)51-35-34-49-41-45(31-33-50(49)43-51)29-30-46-32-37-59-60-38-36-55(44-63(60)66(62(59)42-46)54-25-14-5-15-26-54)65(52-21-10-3-11-22-52)53-23-12-4-13-24-53/h1-44H. The molecule has 12 rings (SSSR count). The zero-order valence-electron chi connectivity index (χ0n) is 36.3. The van der Waals surface area contributed by atoms with Crippen molar-refractivity contribution >= 4 is 72.6 Å². The van der Waals surface area contributed by atoms with Gasteiger partial charge in [0.05, 0.1) is 11.0 Å². The first-order chi connectivity index (χ1) is 32.7. The predicted octanol–water partition coefficient (Wildman–Crippen LogP) is 17.7. The summed E-state index contributed by atoms with van der Waals surface area (Å²) in [4.78, 5) is 2.33. The Kier molecular flexibility index (Phi) is 9.89. The van der Waals surface area contributed by atoms with E-state index in [1.165, 1.54) is 71.2 Å². The molecule has 0 N–H and O–H groups in total. The van der Waals surface area contributed by atoms with Gasteiger partial charge in [-0.05, 0) is 133 Å². The Hall–Kier alpha value is -8.72. The van der Waals surface area contributed by atoms with E-state index in [0.717, 1.165) is 39.4 Å². The summed E-state index contributed by atoms with van der Waals surface area (Å²) in [5.41, 5.74) is 16.5. The van der Waals surface area contributed by atoms with Crippen LogP contribution < -0.4 is 4.90 Å². The zero-order chi connectivity index (χ0) is 43.8. The monoisotopic (exact) mass is 840 g/mol. The first-order valence-electron chi connectivity index (χ1n) is 22.7. The van der Waals surface area contributed by atoms with Crippen LogP contribution in [0.3, 0.4) is 0 Å². The lowest BCUT2D eigenvalue weighted by Gasteiger charge is -2.25. The molecule has 0 unspecified atom stereocenters. The minimum Gasteiger partial charge on any atom is -0.310 e. The Morgan fingerprint density at radius 1 is 0.303 bits per heavy atom. The van der Waals surface area contributed by atoms with E-state index in [0.29, 0.717) is 0 Å². The molecule has 0 saturated carbocycles. The second-order valence-corrected chi connectivity index (χ2v) is 16.9. The van der Waals surface area contributed by atoms with Crippen LogP contribution in [-0.4, -0.2) is 4.57 Å². The molecule has 11 aromatic carbocycles. The fourth-order valence-electron chi connectivity index (χ4n) is 9.83. The van der Waals surface area contributed by atoms with Gasteiger partial charge in [-0.2, -0.15) is 0 Å². The van der Waals surface area contributed by atoms with Crippen molar-refractivity contribution in [2.24, 2.45) is 0 Å². The van der Waals surface area contributed by atoms with E-state index in [-0.39, 0.29) is 0 Å². The maximum atomic E-state index is 2.41. The third-order valence-electron chi connectivity index (χ3n) is 12.9. The molecule has 0 spiro atoms. The molecule has 66 heavy (non-hydrogen) atoms. The Morgan fingerprint density at radius 2 is 0.818 bits per heavy atom. The molecular weight excluding hydrogens is 797 g/mol. The number of fused-ring (bicyclic) bond motifs is 5. The molecule has 0 saturated heterocycles. The maximum Gasteiger partial charge on any atom is 0.0561 e. The molecular formula is C64H44N2. The molecule has 0 fully saturated rings. The number of rotatable bonds is 9. The molecule has 310 valence electrons. The third kappa shape index (κ3) is 7.12. The number of hydrogen-bond donors (Lipinski definition) is 0. The summed E-state index contributed by atoms with van der Waals surface area (Å²) in [5.74, 6) is 0. The van der Waals surface area contributed by atoms with Crippen molar-refractivity contribution in [1.29, 1.82) is 0 Å². The largest absolute Gasteiger partial charge is 0.310 e. The van der Waals surface area contributed by atoms with E-state index in [1.54, 1.807) is 0 Å². The Morgan fingerprint density at radius 3 is 1.50 bits per heavy atom. The normalized spacial score (nSPS) is 11.6. The fourth-order valence-corrected chi connectivity index (χ4v) is 9.83. The average molecular weight is 841 g/mol. The molecule has 1 aromatic heterocycles. The van der Waals surface area contributed by atoms with Gasteiger partial charge in [-0.1, -0.05) is 200 Å². The molecule has 0 aliphatic rings. The van der Waals surface area contributed by atoms with Gasteiger partial charge in [0.25, 0.3) is 0 Å². The highest BCUT2D eigenvalue weighted by Gasteiger charge is 2.18. The van der Waals surface area contributed by atoms with Crippen LogP contribution in [0.4, 0.5) is 17.1 Å². The van der Waals surface area contributed by atoms with E-state index >= 15 is 0 Å². The maximum absolute atomic E-state index is 2.41. The van der Waals surface area contributed by atoms with Crippen molar-refractivity contribution in [1.82, 2.24) is 4.57 Å². The number of hydrogen-bond acceptors (Lipinski definition) is 1. The summed E-state index contributed by atoms with van der Waals surface area (Å²) in [6.45, 7) is 0. The SMILES string of the molecule is C(=Cc1ccc2c3ccc(N(c4ccccc4)c4ccccc4)cc3n(-c3ccccc3)c2c1)c1ccc2cc(-c3cccc4c(-c5ccccc5)ccc(-c5ccccc5)c34)ccc2c1. The van der Waals surface area contributed by atoms with Gasteiger partial charge in [0.15, 0.2) is 0 Å². The highest BCUT2D eigenvalue weighted by Crippen LogP contribution is 2.43. The lowest BCUT2D eigenvalue weighted by molar-refractivity contribution is 1.18. The second-order valence-electron chi connectivity index (χ2n) is 16.9. The van der Waals surface area contributed by atoms with Gasteiger partial charge in [0.2, 0.25) is 0 Å². The summed E-state index contributed by atoms with van der Waals surface area (Å²) in [5, 5.41) is 7.40. The van der Waals surface area contributed by atoms with Gasteiger partial charge < -0.3 is 9.47 Å². The summed E-state index contributed by atoms with van der Waals surface area (Å²) >= 11 is 0. The molecule has 0 aliphatic heterocycles. The highest BCUT2D eigenvalue weighted by molar-refractivity contribution is 6.13. The molecule has 2 heteroatoms. The summed E-state index contributed by atoms with van der Waals surface area (Å²) in [6, 6.07) is 92.2. The van der Waals surface area contributed by atoms with Gasteiger partial charge in [0, 0.05) is 33.5 Å². The number of benzene rings is 11. The van der Waals surface area contributed by atoms with Crippen LogP contribution >= 0.6 is 0 Å². The van der Waals surface area contributed by atoms with E-state index in [9.17, 15) is 0 Å². The number of anilines is 3. The predicted molar refractivity (Wildman–Crippen MR) is 282 cm³/mol. The summed E-state index contributed by atoms with van der Waals surface area (Å²) in [7, 11) is 0. The van der Waals surface area contributed by atoms with Crippen molar-refractivity contribution in [3.05, 3.63) is 266 Å². The highest BCUT2D eigenvalue weighted by atomic mass is 15.1. The van der Waals surface area contributed by atoms with Gasteiger partial charge >= 0.3 is 0 Å². The van der Waals surface area contributed by atoms with Crippen molar-refractivity contribution in [3.63, 3.8) is 0 Å². The zero-order valence-corrected chi connectivity index (χ0v) is 36.3. The fraction of sp³-hybridized carbons (Fsp3) is 0. The van der Waals surface area contributed by atoms with Crippen LogP contribution in [0.15, 0.2) is 255 Å². The molecule has 0 aliphatic carbocycles. The second kappa shape index (κ2) is 16.8. The summed E-state index contributed by atoms with van der Waals surface area (Å²) in [6.07, 6.45) is 4.48. The third-order valence-corrected chi connectivity index (χ3v) is 12.9. The molecule has 2 nitrogen and oxygen atoms in total. The van der Waals surface area contributed by atoms with Crippen LogP contribution in [0.1, 0.15) is 11.1 Å². The molecule has 12 aromatic rings. The van der Waals surface area contributed by atoms with Crippen molar-refractivity contribution in [2.45, 2.75) is 0 Å². The number of aromatic nitrogens is 1. The van der Waals surface area contributed by atoms with Crippen LogP contribution in [0.5, 0.6) is 0 Å².